The van der Waals surface area contributed by atoms with Crippen molar-refractivity contribution in [3.63, 3.8) is 0 Å². The maximum Gasteiger partial charge on any atom is 0.221 e. The van der Waals surface area contributed by atoms with Crippen LogP contribution in [0.15, 0.2) is 41.8 Å². The summed E-state index contributed by atoms with van der Waals surface area (Å²) in [6.45, 7) is 3.09. The van der Waals surface area contributed by atoms with Crippen LogP contribution in [0.4, 0.5) is 0 Å². The Labute approximate surface area is 170 Å². The van der Waals surface area contributed by atoms with Crippen LogP contribution in [-0.4, -0.2) is 32.8 Å². The summed E-state index contributed by atoms with van der Waals surface area (Å²) in [4.78, 5) is 12.1. The van der Waals surface area contributed by atoms with Crippen molar-refractivity contribution >= 4 is 45.1 Å². The molecule has 27 heavy (non-hydrogen) atoms. The molecule has 0 spiro atoms. The fourth-order valence-corrected chi connectivity index (χ4v) is 5.75. The number of nitrogens with zero attached hydrogens (tertiary/aromatic N) is 3. The second kappa shape index (κ2) is 7.27. The number of hydrogen-bond donors (Lipinski definition) is 2. The highest BCUT2D eigenvalue weighted by Gasteiger charge is 2.27. The molecule has 1 fully saturated rings. The molecule has 138 valence electrons. The first-order chi connectivity index (χ1) is 13.3. The minimum Gasteiger partial charge on any atom is -0.316 e. The zero-order valence-corrected chi connectivity index (χ0v) is 17.2. The molecule has 0 bridgehead atoms. The van der Waals surface area contributed by atoms with Gasteiger partial charge in [-0.15, -0.1) is 22.7 Å². The topological polar surface area (TPSA) is 50.9 Å². The first-order valence-corrected chi connectivity index (χ1v) is 11.3. The van der Waals surface area contributed by atoms with Gasteiger partial charge in [0.25, 0.3) is 0 Å². The van der Waals surface area contributed by atoms with E-state index in [9.17, 15) is 0 Å². The van der Waals surface area contributed by atoms with Gasteiger partial charge in [0.2, 0.25) is 4.77 Å². The molecule has 1 saturated heterocycles. The second-order valence-electron chi connectivity index (χ2n) is 6.98. The molecule has 1 aliphatic rings. The number of benzene rings is 1. The maximum atomic E-state index is 5.48. The molecule has 4 aromatic rings. The quantitative estimate of drug-likeness (QED) is 0.501. The number of thiophene rings is 1. The number of piperidine rings is 1. The number of rotatable bonds is 4. The zero-order chi connectivity index (χ0) is 18.2. The van der Waals surface area contributed by atoms with Crippen molar-refractivity contribution in [2.24, 2.45) is 0 Å². The summed E-state index contributed by atoms with van der Waals surface area (Å²) in [6.07, 6.45) is 2.44. The third-order valence-electron chi connectivity index (χ3n) is 5.09. The van der Waals surface area contributed by atoms with Gasteiger partial charge in [0, 0.05) is 0 Å². The lowest BCUT2D eigenvalue weighted by Gasteiger charge is -2.28. The predicted octanol–water partition coefficient (Wildman–Crippen LogP) is 3.70. The lowest BCUT2D eigenvalue weighted by atomic mass is 9.99. The van der Waals surface area contributed by atoms with Crippen molar-refractivity contribution in [2.75, 3.05) is 13.1 Å². The summed E-state index contributed by atoms with van der Waals surface area (Å²) in [5.41, 5.74) is 1.13. The zero-order valence-electron chi connectivity index (χ0n) is 14.7. The third kappa shape index (κ3) is 3.50. The van der Waals surface area contributed by atoms with Gasteiger partial charge >= 0.3 is 0 Å². The average Bonchev–Trinajstić information content (AvgIpc) is 3.42. The number of nitrogens with one attached hydrogen (secondary N) is 2. The highest BCUT2D eigenvalue weighted by atomic mass is 32.1. The van der Waals surface area contributed by atoms with Crippen molar-refractivity contribution in [1.29, 1.82) is 0 Å². The van der Waals surface area contributed by atoms with Crippen LogP contribution in [0.1, 0.15) is 23.8 Å². The molecule has 0 saturated carbocycles. The smallest absolute Gasteiger partial charge is 0.221 e. The number of hydrogen-bond acceptors (Lipinski definition) is 5. The van der Waals surface area contributed by atoms with Gasteiger partial charge in [-0.2, -0.15) is 4.98 Å². The summed E-state index contributed by atoms with van der Waals surface area (Å²) in [6, 6.07) is 12.5. The van der Waals surface area contributed by atoms with Crippen molar-refractivity contribution < 1.29 is 4.90 Å². The van der Waals surface area contributed by atoms with Gasteiger partial charge in [-0.05, 0) is 48.6 Å². The SMILES string of the molecule is S=c1nc(-c2cccs2)[nH]n1C[NH+]1CCC[C@@H](c2nc3ccccc3s2)C1. The van der Waals surface area contributed by atoms with E-state index in [1.165, 1.54) is 27.4 Å². The Morgan fingerprint density at radius 3 is 3.00 bits per heavy atom. The predicted molar refractivity (Wildman–Crippen MR) is 113 cm³/mol. The van der Waals surface area contributed by atoms with Gasteiger partial charge in [0.1, 0.15) is 5.01 Å². The Hall–Kier alpha value is -1.87. The van der Waals surface area contributed by atoms with Crippen LogP contribution in [-0.2, 0) is 6.67 Å². The van der Waals surface area contributed by atoms with E-state index in [0.29, 0.717) is 10.7 Å². The van der Waals surface area contributed by atoms with Gasteiger partial charge < -0.3 is 4.90 Å². The first kappa shape index (κ1) is 17.2. The molecule has 3 aromatic heterocycles. The first-order valence-electron chi connectivity index (χ1n) is 9.16. The number of aromatic nitrogens is 4. The standard InChI is InChI=1S/C19H19N5S3/c25-19-21-17(16-8-4-10-26-16)22-24(19)12-23-9-3-5-13(11-23)18-20-14-6-1-2-7-15(14)27-18/h1-2,4,6-8,10,13H,3,5,9,11-12H2,(H,21,22,25)/p+1/t13-/m1/s1. The van der Waals surface area contributed by atoms with E-state index in [-0.39, 0.29) is 0 Å². The van der Waals surface area contributed by atoms with Crippen molar-refractivity contribution in [2.45, 2.75) is 25.4 Å². The van der Waals surface area contributed by atoms with Crippen molar-refractivity contribution in [3.8, 4) is 10.7 Å². The van der Waals surface area contributed by atoms with Gasteiger partial charge in [-0.1, -0.05) is 18.2 Å². The monoisotopic (exact) mass is 414 g/mol. The molecule has 5 nitrogen and oxygen atoms in total. The third-order valence-corrected chi connectivity index (χ3v) is 7.48. The van der Waals surface area contributed by atoms with E-state index in [1.807, 2.05) is 22.1 Å². The Kier molecular flexibility index (Phi) is 4.65. The number of para-hydroxylation sites is 1. The van der Waals surface area contributed by atoms with E-state index in [0.717, 1.165) is 36.0 Å². The number of quaternary nitrogens is 1. The normalized spacial score (nSPS) is 20.3. The van der Waals surface area contributed by atoms with Gasteiger partial charge in [-0.25, -0.2) is 9.67 Å². The average molecular weight is 415 g/mol. The van der Waals surface area contributed by atoms with Crippen LogP contribution in [0.25, 0.3) is 20.9 Å². The fraction of sp³-hybridized carbons (Fsp3) is 0.316. The molecule has 2 atom stereocenters. The van der Waals surface area contributed by atoms with Crippen LogP contribution in [0, 0.1) is 4.77 Å². The van der Waals surface area contributed by atoms with Gasteiger partial charge in [0.15, 0.2) is 12.5 Å². The van der Waals surface area contributed by atoms with Crippen LogP contribution < -0.4 is 4.90 Å². The van der Waals surface area contributed by atoms with Gasteiger partial charge in [0.05, 0.1) is 34.1 Å². The van der Waals surface area contributed by atoms with E-state index in [2.05, 4.69) is 45.8 Å². The number of likely N-dealkylation sites (tertiary alicyclic amines) is 1. The lowest BCUT2D eigenvalue weighted by Crippen LogP contribution is -3.12. The molecule has 2 N–H and O–H groups in total. The minimum atomic E-state index is 0.528. The summed E-state index contributed by atoms with van der Waals surface area (Å²) in [5, 5.41) is 6.72. The highest BCUT2D eigenvalue weighted by Crippen LogP contribution is 2.30. The van der Waals surface area contributed by atoms with Crippen molar-refractivity contribution in [1.82, 2.24) is 19.7 Å². The minimum absolute atomic E-state index is 0.528. The Balaban J connectivity index is 1.33. The van der Waals surface area contributed by atoms with Crippen molar-refractivity contribution in [3.05, 3.63) is 51.6 Å². The molecule has 0 radical (unpaired) electrons. The highest BCUT2D eigenvalue weighted by molar-refractivity contribution is 7.71. The number of fused-ring (bicyclic) bond motifs is 1. The fourth-order valence-electron chi connectivity index (χ4n) is 3.78. The summed E-state index contributed by atoms with van der Waals surface area (Å²) < 4.78 is 3.93. The lowest BCUT2D eigenvalue weighted by molar-refractivity contribution is -0.929. The molecule has 0 amide bonds. The Bertz CT molecular complexity index is 1070. The second-order valence-corrected chi connectivity index (χ2v) is 9.36. The molecule has 5 rings (SSSR count). The Morgan fingerprint density at radius 1 is 1.22 bits per heavy atom. The summed E-state index contributed by atoms with van der Waals surface area (Å²) in [5.74, 6) is 1.40. The number of aromatic amines is 1. The summed E-state index contributed by atoms with van der Waals surface area (Å²) in [7, 11) is 0. The molecule has 1 aliphatic heterocycles. The molecule has 1 unspecified atom stereocenters. The van der Waals surface area contributed by atoms with Crippen LogP contribution >= 0.6 is 34.9 Å². The number of thiazole rings is 1. The largest absolute Gasteiger partial charge is 0.316 e. The van der Waals surface area contributed by atoms with Crippen LogP contribution in [0.2, 0.25) is 0 Å². The van der Waals surface area contributed by atoms with E-state index in [4.69, 9.17) is 17.2 Å². The van der Waals surface area contributed by atoms with E-state index in [1.54, 1.807) is 11.3 Å². The Morgan fingerprint density at radius 2 is 2.15 bits per heavy atom. The molecule has 0 aliphatic carbocycles. The molecular weight excluding hydrogens is 394 g/mol. The maximum absolute atomic E-state index is 5.48. The van der Waals surface area contributed by atoms with Crippen LogP contribution in [0.3, 0.4) is 0 Å². The van der Waals surface area contributed by atoms with Crippen LogP contribution in [0.5, 0.6) is 0 Å². The molecule has 4 heterocycles. The number of H-pyrrole nitrogens is 1. The molecule has 8 heteroatoms. The van der Waals surface area contributed by atoms with E-state index < -0.39 is 0 Å². The molecule has 1 aromatic carbocycles. The molecular formula is C19H20N5S3+. The van der Waals surface area contributed by atoms with Gasteiger partial charge in [-0.3, -0.25) is 5.10 Å². The summed E-state index contributed by atoms with van der Waals surface area (Å²) >= 11 is 9.01. The van der Waals surface area contributed by atoms with E-state index >= 15 is 0 Å².